The fraction of sp³-hybridized carbons (Fsp3) is 0.833. The highest BCUT2D eigenvalue weighted by Crippen LogP contribution is 2.13. The van der Waals surface area contributed by atoms with Crippen molar-refractivity contribution in [1.82, 2.24) is 5.32 Å². The molecule has 1 heterocycles. The van der Waals surface area contributed by atoms with Crippen molar-refractivity contribution in [3.8, 4) is 0 Å². The summed E-state index contributed by atoms with van der Waals surface area (Å²) in [6.07, 6.45) is -6.61. The first-order valence-electron chi connectivity index (χ1n) is 3.56. The van der Waals surface area contributed by atoms with Gasteiger partial charge >= 0.3 is 12.1 Å². The van der Waals surface area contributed by atoms with Gasteiger partial charge in [0.2, 0.25) is 0 Å². The second-order valence-electron chi connectivity index (χ2n) is 2.49. The van der Waals surface area contributed by atoms with Crippen LogP contribution in [-0.2, 0) is 4.79 Å². The van der Waals surface area contributed by atoms with Crippen LogP contribution in [0, 0.1) is 0 Å². The molecule has 1 atom stereocenters. The van der Waals surface area contributed by atoms with Crippen LogP contribution in [-0.4, -0.2) is 36.3 Å². The summed E-state index contributed by atoms with van der Waals surface area (Å²) in [5, 5.41) is 9.72. The Labute approximate surface area is 75.9 Å². The van der Waals surface area contributed by atoms with Crippen LogP contribution in [0.5, 0.6) is 0 Å². The molecule has 0 aliphatic carbocycles. The molecule has 84 valence electrons. The van der Waals surface area contributed by atoms with Crippen LogP contribution in [0.4, 0.5) is 22.0 Å². The summed E-state index contributed by atoms with van der Waals surface area (Å²) in [5.74, 6) is -2.76. The molecule has 1 aliphatic rings. The van der Waals surface area contributed by atoms with E-state index in [1.165, 1.54) is 0 Å². The number of rotatable bonds is 1. The maximum Gasteiger partial charge on any atom is 0.490 e. The highest BCUT2D eigenvalue weighted by molar-refractivity contribution is 5.73. The lowest BCUT2D eigenvalue weighted by Crippen LogP contribution is -2.47. The van der Waals surface area contributed by atoms with Gasteiger partial charge in [0.15, 0.2) is 0 Å². The smallest absolute Gasteiger partial charge is 0.475 e. The number of hydrogen-bond acceptors (Lipinski definition) is 2. The van der Waals surface area contributed by atoms with E-state index in [9.17, 15) is 22.0 Å². The van der Waals surface area contributed by atoms with Gasteiger partial charge in [-0.15, -0.1) is 0 Å². The molecule has 0 aromatic carbocycles. The summed E-state index contributed by atoms with van der Waals surface area (Å²) in [6, 6.07) is -0.500. The van der Waals surface area contributed by atoms with Crippen molar-refractivity contribution in [2.75, 3.05) is 6.54 Å². The number of carbonyl (C=O) groups is 1. The summed E-state index contributed by atoms with van der Waals surface area (Å²) in [4.78, 5) is 8.90. The van der Waals surface area contributed by atoms with Crippen molar-refractivity contribution >= 4 is 5.97 Å². The zero-order chi connectivity index (χ0) is 11.4. The molecule has 8 heteroatoms. The average molecular weight is 221 g/mol. The largest absolute Gasteiger partial charge is 0.490 e. The third-order valence-electron chi connectivity index (χ3n) is 1.41. The molecular weight excluding hydrogens is 213 g/mol. The number of hydrogen-bond donors (Lipinski definition) is 2. The molecule has 0 aromatic rings. The molecule has 1 fully saturated rings. The van der Waals surface area contributed by atoms with Gasteiger partial charge < -0.3 is 10.4 Å². The molecular formula is C6H8F5NO2. The number of halogens is 5. The Morgan fingerprint density at radius 1 is 1.43 bits per heavy atom. The van der Waals surface area contributed by atoms with Gasteiger partial charge in [-0.3, -0.25) is 0 Å². The highest BCUT2D eigenvalue weighted by Gasteiger charge is 2.38. The van der Waals surface area contributed by atoms with E-state index in [2.05, 4.69) is 5.32 Å². The Morgan fingerprint density at radius 2 is 1.79 bits per heavy atom. The Balaban J connectivity index is 0.000000241. The van der Waals surface area contributed by atoms with Gasteiger partial charge in [0, 0.05) is 0 Å². The van der Waals surface area contributed by atoms with Crippen LogP contribution >= 0.6 is 0 Å². The number of carboxylic acids is 1. The van der Waals surface area contributed by atoms with Crippen LogP contribution in [0.3, 0.4) is 0 Å². The summed E-state index contributed by atoms with van der Waals surface area (Å²) in [5.41, 5.74) is 0. The lowest BCUT2D eigenvalue weighted by atomic mass is 10.1. The molecule has 0 amide bonds. The Bertz CT molecular complexity index is 189. The van der Waals surface area contributed by atoms with E-state index >= 15 is 0 Å². The Morgan fingerprint density at radius 3 is 1.79 bits per heavy atom. The average Bonchev–Trinajstić information content (AvgIpc) is 1.79. The molecule has 1 unspecified atom stereocenters. The van der Waals surface area contributed by atoms with E-state index in [1.54, 1.807) is 0 Å². The van der Waals surface area contributed by atoms with Crippen molar-refractivity contribution in [3.05, 3.63) is 0 Å². The zero-order valence-corrected chi connectivity index (χ0v) is 6.81. The fourth-order valence-electron chi connectivity index (χ4n) is 0.526. The first kappa shape index (κ1) is 13.1. The summed E-state index contributed by atoms with van der Waals surface area (Å²) in [6.45, 7) is 0.759. The lowest BCUT2D eigenvalue weighted by molar-refractivity contribution is -0.192. The maximum absolute atomic E-state index is 11.4. The van der Waals surface area contributed by atoms with Crippen LogP contribution in [0.25, 0.3) is 0 Å². The Hall–Kier alpha value is -0.920. The van der Waals surface area contributed by atoms with Gasteiger partial charge in [-0.05, 0) is 13.0 Å². The quantitative estimate of drug-likeness (QED) is 0.655. The van der Waals surface area contributed by atoms with Gasteiger partial charge in [0.05, 0.1) is 6.04 Å². The highest BCUT2D eigenvalue weighted by atomic mass is 19.4. The SMILES string of the molecule is FC(F)C1CCN1.O=C(O)C(F)(F)F. The van der Waals surface area contributed by atoms with Crippen molar-refractivity contribution in [3.63, 3.8) is 0 Å². The van der Waals surface area contributed by atoms with E-state index in [0.717, 1.165) is 6.54 Å². The molecule has 0 bridgehead atoms. The van der Waals surface area contributed by atoms with Gasteiger partial charge in [0.25, 0.3) is 6.43 Å². The molecule has 2 N–H and O–H groups in total. The number of alkyl halides is 5. The first-order chi connectivity index (χ1) is 6.25. The molecule has 0 radical (unpaired) electrons. The fourth-order valence-corrected chi connectivity index (χ4v) is 0.526. The minimum Gasteiger partial charge on any atom is -0.475 e. The van der Waals surface area contributed by atoms with E-state index in [1.807, 2.05) is 0 Å². The van der Waals surface area contributed by atoms with Crippen molar-refractivity contribution in [2.24, 2.45) is 0 Å². The first-order valence-corrected chi connectivity index (χ1v) is 3.56. The minimum atomic E-state index is -5.08. The predicted octanol–water partition coefficient (Wildman–Crippen LogP) is 1.25. The topological polar surface area (TPSA) is 49.3 Å². The van der Waals surface area contributed by atoms with Crippen LogP contribution in [0.2, 0.25) is 0 Å². The van der Waals surface area contributed by atoms with Gasteiger partial charge in [0.1, 0.15) is 0 Å². The minimum absolute atomic E-state index is 0.500. The van der Waals surface area contributed by atoms with Gasteiger partial charge in [-0.2, -0.15) is 13.2 Å². The van der Waals surface area contributed by atoms with E-state index in [4.69, 9.17) is 9.90 Å². The summed E-state index contributed by atoms with van der Waals surface area (Å²) >= 11 is 0. The second-order valence-corrected chi connectivity index (χ2v) is 2.49. The summed E-state index contributed by atoms with van der Waals surface area (Å²) < 4.78 is 54.6. The monoisotopic (exact) mass is 221 g/mol. The molecule has 0 spiro atoms. The van der Waals surface area contributed by atoms with Gasteiger partial charge in [-0.25, -0.2) is 13.6 Å². The number of carboxylic acid groups (broad SMARTS) is 1. The lowest BCUT2D eigenvalue weighted by Gasteiger charge is -2.26. The predicted molar refractivity (Wildman–Crippen MR) is 36.1 cm³/mol. The van der Waals surface area contributed by atoms with Crippen LogP contribution < -0.4 is 5.32 Å². The second kappa shape index (κ2) is 5.08. The molecule has 3 nitrogen and oxygen atoms in total. The standard InChI is InChI=1S/C4H7F2N.C2HF3O2/c5-4(6)3-1-2-7-3;3-2(4,5)1(6)7/h3-4,7H,1-2H2;(H,6,7). The third kappa shape index (κ3) is 4.95. The molecule has 1 aliphatic heterocycles. The van der Waals surface area contributed by atoms with Crippen molar-refractivity contribution in [2.45, 2.75) is 25.1 Å². The maximum atomic E-state index is 11.4. The van der Waals surface area contributed by atoms with Crippen molar-refractivity contribution in [1.29, 1.82) is 0 Å². The normalized spacial score (nSPS) is 20.9. The zero-order valence-electron chi connectivity index (χ0n) is 6.81. The van der Waals surface area contributed by atoms with E-state index in [0.29, 0.717) is 6.42 Å². The molecule has 14 heavy (non-hydrogen) atoms. The van der Waals surface area contributed by atoms with Crippen molar-refractivity contribution < 1.29 is 31.9 Å². The van der Waals surface area contributed by atoms with E-state index in [-0.39, 0.29) is 0 Å². The molecule has 1 saturated heterocycles. The number of nitrogens with one attached hydrogen (secondary N) is 1. The summed E-state index contributed by atoms with van der Waals surface area (Å²) in [7, 11) is 0. The molecule has 0 aromatic heterocycles. The van der Waals surface area contributed by atoms with Crippen LogP contribution in [0.15, 0.2) is 0 Å². The van der Waals surface area contributed by atoms with Gasteiger partial charge in [-0.1, -0.05) is 0 Å². The Kier molecular flexibility index (Phi) is 4.75. The molecule has 0 saturated carbocycles. The van der Waals surface area contributed by atoms with E-state index < -0.39 is 24.6 Å². The van der Waals surface area contributed by atoms with Crippen LogP contribution in [0.1, 0.15) is 6.42 Å². The molecule has 1 rings (SSSR count). The number of aliphatic carboxylic acids is 1. The third-order valence-corrected chi connectivity index (χ3v) is 1.41.